The van der Waals surface area contributed by atoms with Crippen LogP contribution in [-0.4, -0.2) is 126 Å². The van der Waals surface area contributed by atoms with Crippen molar-refractivity contribution >= 4 is 92.1 Å². The lowest BCUT2D eigenvalue weighted by molar-refractivity contribution is -0.140. The van der Waals surface area contributed by atoms with Gasteiger partial charge in [-0.1, -0.05) is 68.4 Å². The van der Waals surface area contributed by atoms with Gasteiger partial charge in [0.05, 0.1) is 17.6 Å². The summed E-state index contributed by atoms with van der Waals surface area (Å²) < 4.78 is 6.14. The number of ether oxygens (including phenoxy) is 1. The van der Waals surface area contributed by atoms with Gasteiger partial charge in [0.25, 0.3) is 17.7 Å². The highest BCUT2D eigenvalue weighted by Crippen LogP contribution is 2.46. The van der Waals surface area contributed by atoms with E-state index in [9.17, 15) is 43.2 Å². The number of hydrogen-bond donors (Lipinski definition) is 5. The molecule has 8 rings (SSSR count). The van der Waals surface area contributed by atoms with Gasteiger partial charge < -0.3 is 41.2 Å². The van der Waals surface area contributed by atoms with E-state index in [-0.39, 0.29) is 97.7 Å². The van der Waals surface area contributed by atoms with Crippen molar-refractivity contribution < 1.29 is 47.9 Å². The van der Waals surface area contributed by atoms with Gasteiger partial charge in [0.1, 0.15) is 11.4 Å². The minimum Gasteiger partial charge on any atom is -0.426 e. The number of fused-ring (bicyclic) bond motifs is 4. The number of piperidine rings is 1. The lowest BCUT2D eigenvalue weighted by Gasteiger charge is -2.27. The Bertz CT molecular complexity index is 3140. The van der Waals surface area contributed by atoms with Crippen LogP contribution >= 0.6 is 11.6 Å². The molecule has 0 bridgehead atoms. The van der Waals surface area contributed by atoms with E-state index in [0.29, 0.717) is 85.4 Å². The highest BCUT2D eigenvalue weighted by Gasteiger charge is 2.37. The van der Waals surface area contributed by atoms with E-state index in [1.54, 1.807) is 41.3 Å². The number of hydrogen-bond acceptors (Lipinski definition) is 11. The fraction of sp³-hybridized carbons (Fsp3) is 0.417. The molecule has 5 aromatic rings. The Morgan fingerprint density at radius 3 is 2.19 bits per heavy atom. The van der Waals surface area contributed by atoms with Crippen LogP contribution in [0, 0.1) is 17.8 Å². The molecular formula is C60H69ClN8O10. The van der Waals surface area contributed by atoms with Crippen molar-refractivity contribution in [1.29, 1.82) is 0 Å². The number of amides is 7. The number of H-pyrrole nitrogens is 1. The lowest BCUT2D eigenvalue weighted by Crippen LogP contribution is -2.46. The molecule has 1 fully saturated rings. The zero-order valence-corrected chi connectivity index (χ0v) is 45.7. The van der Waals surface area contributed by atoms with Gasteiger partial charge in [-0.15, -0.1) is 11.6 Å². The number of nitrogens with one attached hydrogen (secondary N) is 4. The second kappa shape index (κ2) is 26.3. The number of aromatic nitrogens is 1. The predicted molar refractivity (Wildman–Crippen MR) is 301 cm³/mol. The molecule has 3 atom stereocenters. The number of likely N-dealkylation sites (tertiary alicyclic amines) is 1. The van der Waals surface area contributed by atoms with E-state index in [2.05, 4.69) is 25.8 Å². The van der Waals surface area contributed by atoms with Crippen LogP contribution in [-0.2, 0) is 41.6 Å². The number of primary amides is 1. The number of aromatic amines is 1. The number of ketones is 2. The molecule has 1 aromatic heterocycles. The lowest BCUT2D eigenvalue weighted by atomic mass is 9.89. The summed E-state index contributed by atoms with van der Waals surface area (Å²) in [6.45, 7) is 6.47. The average molecular weight is 1100 g/mol. The van der Waals surface area contributed by atoms with Gasteiger partial charge in [-0.3, -0.25) is 43.3 Å². The third-order valence-corrected chi connectivity index (χ3v) is 15.6. The molecule has 3 aliphatic rings. The van der Waals surface area contributed by atoms with Crippen LogP contribution in [0.5, 0.6) is 5.75 Å². The van der Waals surface area contributed by atoms with Crippen molar-refractivity contribution in [1.82, 2.24) is 30.7 Å². The fourth-order valence-corrected chi connectivity index (χ4v) is 11.0. The quantitative estimate of drug-likeness (QED) is 0.0100. The van der Waals surface area contributed by atoms with E-state index < -0.39 is 29.8 Å². The Hall–Kier alpha value is -7.70. The van der Waals surface area contributed by atoms with E-state index in [1.165, 1.54) is 12.2 Å². The van der Waals surface area contributed by atoms with Crippen molar-refractivity contribution in [2.45, 2.75) is 90.0 Å². The number of imide groups is 1. The first kappa shape index (κ1) is 57.5. The van der Waals surface area contributed by atoms with Crippen LogP contribution in [0.3, 0.4) is 0 Å². The van der Waals surface area contributed by atoms with Gasteiger partial charge in [0, 0.05) is 103 Å². The second-order valence-electron chi connectivity index (χ2n) is 21.3. The molecule has 7 amide bonds. The Morgan fingerprint density at radius 2 is 1.49 bits per heavy atom. The Balaban J connectivity index is 0.871. The van der Waals surface area contributed by atoms with Crippen molar-refractivity contribution in [3.05, 3.63) is 119 Å². The number of nitrogens with zero attached hydrogens (tertiary/aromatic N) is 3. The van der Waals surface area contributed by atoms with Crippen molar-refractivity contribution in [2.24, 2.45) is 23.5 Å². The summed E-state index contributed by atoms with van der Waals surface area (Å²) in [5, 5.41) is 10.7. The topological polar surface area (TPSA) is 250 Å². The number of carbonyl (C=O) groups excluding carboxylic acids is 9. The molecule has 0 radical (unpaired) electrons. The highest BCUT2D eigenvalue weighted by molar-refractivity contribution is 6.19. The maximum atomic E-state index is 14.5. The van der Waals surface area contributed by atoms with Crippen molar-refractivity contribution in [3.63, 3.8) is 0 Å². The second-order valence-corrected chi connectivity index (χ2v) is 21.6. The Morgan fingerprint density at radius 1 is 0.810 bits per heavy atom. The molecule has 0 unspecified atom stereocenters. The number of benzene rings is 4. The van der Waals surface area contributed by atoms with Crippen LogP contribution in [0.4, 0.5) is 10.5 Å². The summed E-state index contributed by atoms with van der Waals surface area (Å²) in [4.78, 5) is 125. The number of alkyl halides is 1. The molecule has 18 nitrogen and oxygen atoms in total. The predicted octanol–water partition coefficient (Wildman–Crippen LogP) is 6.90. The van der Waals surface area contributed by atoms with Crippen LogP contribution in [0.2, 0.25) is 0 Å². The maximum absolute atomic E-state index is 14.5. The fourth-order valence-electron chi connectivity index (χ4n) is 10.8. The number of esters is 1. The summed E-state index contributed by atoms with van der Waals surface area (Å²) in [6, 6.07) is 22.1. The third kappa shape index (κ3) is 14.3. The number of halogens is 1. The molecule has 79 heavy (non-hydrogen) atoms. The molecule has 4 heterocycles. The third-order valence-electron chi connectivity index (χ3n) is 15.3. The molecule has 6 N–H and O–H groups in total. The first-order chi connectivity index (χ1) is 38.0. The summed E-state index contributed by atoms with van der Waals surface area (Å²) in [5.74, 6) is -2.49. The van der Waals surface area contributed by atoms with E-state index in [4.69, 9.17) is 22.1 Å². The van der Waals surface area contributed by atoms with Crippen LogP contribution in [0.25, 0.3) is 21.7 Å². The first-order valence-corrected chi connectivity index (χ1v) is 27.8. The molecule has 4 aromatic carbocycles. The summed E-state index contributed by atoms with van der Waals surface area (Å²) >= 11 is 6.58. The largest absolute Gasteiger partial charge is 0.426 e. The number of urea groups is 1. The number of nitrogens with two attached hydrogens (primary N) is 1. The van der Waals surface area contributed by atoms with Gasteiger partial charge in [-0.2, -0.15) is 0 Å². The minimum atomic E-state index is -0.875. The first-order valence-electron chi connectivity index (χ1n) is 27.2. The number of rotatable bonds is 25. The molecule has 416 valence electrons. The zero-order valence-electron chi connectivity index (χ0n) is 44.9. The van der Waals surface area contributed by atoms with E-state index >= 15 is 0 Å². The van der Waals surface area contributed by atoms with Crippen molar-refractivity contribution in [2.75, 3.05) is 57.1 Å². The Labute approximate surface area is 464 Å². The summed E-state index contributed by atoms with van der Waals surface area (Å²) in [7, 11) is 2.04. The molecule has 0 spiro atoms. The standard InChI is InChI=1S/C60H69ClN8O10/c1-36(2)43(11-6-24-63-53(72)13-8-26-68-54(73)20-21-55(68)74)57(75)66-47(12-7-25-64-60(62)78)51(71)30-37-14-17-39(18-15-37)50(70)31-38-16-19-46-41(29-38)32-48(65-46)58(76)69-35-42(34-61)56-45-10-5-4-9-44(45)52(33-49(56)69)79-59(77)40-22-27-67(3)28-23-40/h4-5,9-10,14-21,29,32-33,36,40,42-43,47,65H,6-8,11-13,22-28,30-31,34-35H2,1-3H3,(H,63,72)(H,66,75)(H3,62,64,78)/t42-,43+,47+/m1/s1. The number of Topliss-reactive ketones (excluding diaryl/α,β-unsaturated/α-hetero) is 2. The van der Waals surface area contributed by atoms with E-state index in [0.717, 1.165) is 45.3 Å². The minimum absolute atomic E-state index is 0.0256. The summed E-state index contributed by atoms with van der Waals surface area (Å²) in [6.07, 6.45) is 5.89. The van der Waals surface area contributed by atoms with E-state index in [1.807, 2.05) is 63.4 Å². The van der Waals surface area contributed by atoms with Gasteiger partial charge >= 0.3 is 12.0 Å². The molecule has 3 aliphatic heterocycles. The highest BCUT2D eigenvalue weighted by atomic mass is 35.5. The van der Waals surface area contributed by atoms with Gasteiger partial charge in [0.2, 0.25) is 11.8 Å². The van der Waals surface area contributed by atoms with Crippen LogP contribution in [0.1, 0.15) is 109 Å². The van der Waals surface area contributed by atoms with Crippen LogP contribution in [0.15, 0.2) is 91.0 Å². The van der Waals surface area contributed by atoms with Gasteiger partial charge in [-0.05, 0) is 111 Å². The normalized spacial score (nSPS) is 16.3. The van der Waals surface area contributed by atoms with Gasteiger partial charge in [-0.25, -0.2) is 4.79 Å². The molecular weight excluding hydrogens is 1030 g/mol. The Kier molecular flexibility index (Phi) is 19.1. The molecule has 1 saturated heterocycles. The van der Waals surface area contributed by atoms with Gasteiger partial charge in [0.15, 0.2) is 11.6 Å². The number of anilines is 1. The maximum Gasteiger partial charge on any atom is 0.314 e. The SMILES string of the molecule is CC(C)[C@H](CCCNC(=O)CCCN1C(=O)C=CC1=O)C(=O)N[C@@H](CCCNC(N)=O)C(=O)Cc1ccc(C(=O)Cc2ccc3[nH]c(C(=O)N4C[C@@H](CCl)c5c4cc(OC(=O)C4CCN(C)CC4)c4ccccc54)cc3c2)cc1. The molecule has 0 aliphatic carbocycles. The summed E-state index contributed by atoms with van der Waals surface area (Å²) in [5.41, 5.74) is 9.73. The van der Waals surface area contributed by atoms with Crippen molar-refractivity contribution in [3.8, 4) is 5.75 Å². The average Bonchev–Trinajstić information content (AvgIpc) is 4.36. The number of carbonyl (C=O) groups is 9. The monoisotopic (exact) mass is 1100 g/mol. The molecule has 0 saturated carbocycles. The molecule has 19 heteroatoms. The smallest absolute Gasteiger partial charge is 0.314 e. The van der Waals surface area contributed by atoms with Crippen LogP contribution < -0.4 is 31.3 Å². The zero-order chi connectivity index (χ0) is 56.3.